The number of hydrogen-bond acceptors (Lipinski definition) is 5. The lowest BCUT2D eigenvalue weighted by Crippen LogP contribution is -2.45. The quantitative estimate of drug-likeness (QED) is 0.513. The van der Waals surface area contributed by atoms with Crippen molar-refractivity contribution in [1.29, 1.82) is 0 Å². The zero-order valence-electron chi connectivity index (χ0n) is 17.9. The third kappa shape index (κ3) is 5.68. The highest BCUT2D eigenvalue weighted by atomic mass is 32.2. The molecule has 2 amide bonds. The van der Waals surface area contributed by atoms with Crippen molar-refractivity contribution in [1.82, 2.24) is 9.62 Å². The zero-order valence-corrected chi connectivity index (χ0v) is 19.6. The van der Waals surface area contributed by atoms with E-state index in [2.05, 4.69) is 10.6 Å². The molecule has 7 nitrogen and oxygen atoms in total. The van der Waals surface area contributed by atoms with Crippen LogP contribution in [0, 0.1) is 0 Å². The van der Waals surface area contributed by atoms with Gasteiger partial charge in [-0.15, -0.1) is 11.3 Å². The molecule has 4 rings (SSSR count). The van der Waals surface area contributed by atoms with Crippen molar-refractivity contribution in [2.45, 2.75) is 30.2 Å². The molecule has 1 aromatic heterocycles. The Morgan fingerprint density at radius 1 is 0.939 bits per heavy atom. The number of sulfonamides is 1. The first-order valence-corrected chi connectivity index (χ1v) is 13.0. The van der Waals surface area contributed by atoms with E-state index < -0.39 is 16.1 Å². The van der Waals surface area contributed by atoms with Gasteiger partial charge in [0.2, 0.25) is 15.9 Å². The highest BCUT2D eigenvalue weighted by molar-refractivity contribution is 7.89. The summed E-state index contributed by atoms with van der Waals surface area (Å²) in [5, 5.41) is 7.42. The summed E-state index contributed by atoms with van der Waals surface area (Å²) in [5.74, 6) is -0.688. The molecule has 2 heterocycles. The Labute approximate surface area is 197 Å². The Hall–Kier alpha value is -3.01. The van der Waals surface area contributed by atoms with Crippen molar-refractivity contribution in [2.24, 2.45) is 0 Å². The number of rotatable bonds is 8. The highest BCUT2D eigenvalue weighted by Crippen LogP contribution is 2.22. The molecule has 2 N–H and O–H groups in total. The minimum absolute atomic E-state index is 0.203. The molecule has 0 radical (unpaired) electrons. The van der Waals surface area contributed by atoms with Crippen LogP contribution in [0.3, 0.4) is 0 Å². The first-order valence-electron chi connectivity index (χ1n) is 10.7. The normalized spacial score (nSPS) is 15.2. The lowest BCUT2D eigenvalue weighted by atomic mass is 10.0. The van der Waals surface area contributed by atoms with Gasteiger partial charge in [0.05, 0.1) is 9.77 Å². The first-order chi connectivity index (χ1) is 15.9. The van der Waals surface area contributed by atoms with E-state index in [1.54, 1.807) is 29.6 Å². The molecule has 2 aromatic carbocycles. The molecule has 33 heavy (non-hydrogen) atoms. The first kappa shape index (κ1) is 23.2. The Morgan fingerprint density at radius 2 is 1.64 bits per heavy atom. The SMILES string of the molecule is O=C(NC(Cc1ccccc1)C(=O)Nc1ccc(S(=O)(=O)N2CCCC2)cc1)c1cccs1. The maximum Gasteiger partial charge on any atom is 0.262 e. The van der Waals surface area contributed by atoms with Crippen molar-refractivity contribution in [2.75, 3.05) is 18.4 Å². The van der Waals surface area contributed by atoms with E-state index in [1.807, 2.05) is 30.3 Å². The van der Waals surface area contributed by atoms with Crippen LogP contribution in [-0.4, -0.2) is 43.7 Å². The highest BCUT2D eigenvalue weighted by Gasteiger charge is 2.27. The van der Waals surface area contributed by atoms with Gasteiger partial charge in [0, 0.05) is 25.2 Å². The van der Waals surface area contributed by atoms with Gasteiger partial charge in [0.25, 0.3) is 5.91 Å². The lowest BCUT2D eigenvalue weighted by Gasteiger charge is -2.19. The predicted molar refractivity (Wildman–Crippen MR) is 129 cm³/mol. The van der Waals surface area contributed by atoms with Gasteiger partial charge >= 0.3 is 0 Å². The molecule has 9 heteroatoms. The maximum absolute atomic E-state index is 13.1. The Bertz CT molecular complexity index is 1190. The Kier molecular flexibility index (Phi) is 7.22. The molecule has 0 saturated carbocycles. The predicted octanol–water partition coefficient (Wildman–Crippen LogP) is 3.51. The fraction of sp³-hybridized carbons (Fsp3) is 0.250. The third-order valence-corrected chi connectivity index (χ3v) is 8.26. The van der Waals surface area contributed by atoms with Gasteiger partial charge in [0.15, 0.2) is 0 Å². The second kappa shape index (κ2) is 10.3. The third-order valence-electron chi connectivity index (χ3n) is 5.47. The van der Waals surface area contributed by atoms with Crippen LogP contribution in [0.4, 0.5) is 5.69 Å². The van der Waals surface area contributed by atoms with Gasteiger partial charge < -0.3 is 10.6 Å². The van der Waals surface area contributed by atoms with E-state index in [9.17, 15) is 18.0 Å². The van der Waals surface area contributed by atoms with Gasteiger partial charge in [-0.2, -0.15) is 4.31 Å². The average Bonchev–Trinajstić information content (AvgIpc) is 3.54. The second-order valence-corrected chi connectivity index (χ2v) is 10.7. The molecule has 1 atom stereocenters. The van der Waals surface area contributed by atoms with E-state index >= 15 is 0 Å². The van der Waals surface area contributed by atoms with Crippen LogP contribution in [-0.2, 0) is 21.2 Å². The van der Waals surface area contributed by atoms with E-state index in [-0.39, 0.29) is 16.7 Å². The summed E-state index contributed by atoms with van der Waals surface area (Å²) in [4.78, 5) is 26.4. The monoisotopic (exact) mass is 483 g/mol. The number of thiophene rings is 1. The number of anilines is 1. The standard InChI is InChI=1S/C24H25N3O4S2/c28-23(25-19-10-12-20(13-11-19)33(30,31)27-14-4-5-15-27)21(17-18-7-2-1-3-8-18)26-24(29)22-9-6-16-32-22/h1-3,6-13,16,21H,4-5,14-15,17H2,(H,25,28)(H,26,29). The molecule has 0 spiro atoms. The van der Waals surface area contributed by atoms with Crippen LogP contribution in [0.15, 0.2) is 77.0 Å². The molecule has 1 fully saturated rings. The lowest BCUT2D eigenvalue weighted by molar-refractivity contribution is -0.118. The van der Waals surface area contributed by atoms with Crippen LogP contribution in [0.25, 0.3) is 0 Å². The number of carbonyl (C=O) groups is 2. The topological polar surface area (TPSA) is 95.6 Å². The summed E-state index contributed by atoms with van der Waals surface area (Å²) in [6.45, 7) is 1.07. The fourth-order valence-electron chi connectivity index (χ4n) is 3.71. The Balaban J connectivity index is 1.48. The summed E-state index contributed by atoms with van der Waals surface area (Å²) >= 11 is 1.30. The number of amides is 2. The molecule has 3 aromatic rings. The second-order valence-electron chi connectivity index (χ2n) is 7.82. The summed E-state index contributed by atoms with van der Waals surface area (Å²) in [7, 11) is -3.52. The van der Waals surface area contributed by atoms with E-state index in [1.165, 1.54) is 27.8 Å². The summed E-state index contributed by atoms with van der Waals surface area (Å²) < 4.78 is 26.9. The van der Waals surface area contributed by atoms with Crippen molar-refractivity contribution >= 4 is 38.9 Å². The molecule has 1 saturated heterocycles. The number of nitrogens with zero attached hydrogens (tertiary/aromatic N) is 1. The van der Waals surface area contributed by atoms with Crippen LogP contribution in [0.2, 0.25) is 0 Å². The van der Waals surface area contributed by atoms with Gasteiger partial charge in [-0.3, -0.25) is 9.59 Å². The molecule has 172 valence electrons. The summed E-state index contributed by atoms with van der Waals surface area (Å²) in [6.07, 6.45) is 2.06. The fourth-order valence-corrected chi connectivity index (χ4v) is 5.86. The van der Waals surface area contributed by atoms with Crippen molar-refractivity contribution in [3.05, 3.63) is 82.6 Å². The largest absolute Gasteiger partial charge is 0.339 e. The van der Waals surface area contributed by atoms with E-state index in [0.29, 0.717) is 30.1 Å². The van der Waals surface area contributed by atoms with Gasteiger partial charge in [-0.05, 0) is 54.1 Å². The van der Waals surface area contributed by atoms with Crippen molar-refractivity contribution in [3.63, 3.8) is 0 Å². The molecular weight excluding hydrogens is 458 g/mol. The van der Waals surface area contributed by atoms with Crippen LogP contribution >= 0.6 is 11.3 Å². The van der Waals surface area contributed by atoms with Gasteiger partial charge in [-0.1, -0.05) is 36.4 Å². The van der Waals surface area contributed by atoms with Gasteiger partial charge in [-0.25, -0.2) is 8.42 Å². The number of hydrogen-bond donors (Lipinski definition) is 2. The van der Waals surface area contributed by atoms with Crippen molar-refractivity contribution in [3.8, 4) is 0 Å². The molecular formula is C24H25N3O4S2. The minimum atomic E-state index is -3.52. The van der Waals surface area contributed by atoms with Gasteiger partial charge in [0.1, 0.15) is 6.04 Å². The van der Waals surface area contributed by atoms with E-state index in [4.69, 9.17) is 0 Å². The number of benzene rings is 2. The van der Waals surface area contributed by atoms with Crippen LogP contribution < -0.4 is 10.6 Å². The molecule has 0 aliphatic carbocycles. The smallest absolute Gasteiger partial charge is 0.262 e. The van der Waals surface area contributed by atoms with Crippen LogP contribution in [0.1, 0.15) is 28.1 Å². The maximum atomic E-state index is 13.1. The number of carbonyl (C=O) groups excluding carboxylic acids is 2. The Morgan fingerprint density at radius 3 is 2.27 bits per heavy atom. The van der Waals surface area contributed by atoms with Crippen molar-refractivity contribution < 1.29 is 18.0 Å². The van der Waals surface area contributed by atoms with Crippen LogP contribution in [0.5, 0.6) is 0 Å². The summed E-state index contributed by atoms with van der Waals surface area (Å²) in [5.41, 5.74) is 1.37. The molecule has 1 unspecified atom stereocenters. The summed E-state index contributed by atoms with van der Waals surface area (Å²) in [6, 6.07) is 18.3. The molecule has 1 aliphatic rings. The number of nitrogens with one attached hydrogen (secondary N) is 2. The minimum Gasteiger partial charge on any atom is -0.339 e. The average molecular weight is 484 g/mol. The molecule has 1 aliphatic heterocycles. The molecule has 0 bridgehead atoms. The zero-order chi connectivity index (χ0) is 23.3. The van der Waals surface area contributed by atoms with E-state index in [0.717, 1.165) is 18.4 Å².